The van der Waals surface area contributed by atoms with E-state index in [0.717, 1.165) is 30.7 Å². The van der Waals surface area contributed by atoms with E-state index in [1.807, 2.05) is 12.1 Å². The largest absolute Gasteiger partial charge is 0.481 e. The van der Waals surface area contributed by atoms with E-state index in [2.05, 4.69) is 15.6 Å². The average Bonchev–Trinajstić information content (AvgIpc) is 2.68. The van der Waals surface area contributed by atoms with E-state index >= 15 is 0 Å². The quantitative estimate of drug-likeness (QED) is 0.877. The Morgan fingerprint density at radius 1 is 1.47 bits per heavy atom. The van der Waals surface area contributed by atoms with Crippen LogP contribution in [-0.2, 0) is 24.2 Å². The van der Waals surface area contributed by atoms with Crippen LogP contribution >= 0.6 is 0 Å². The Bertz CT molecular complexity index is 586. The fourth-order valence-electron chi connectivity index (χ4n) is 2.59. The van der Waals surface area contributed by atoms with E-state index in [4.69, 9.17) is 5.11 Å². The van der Waals surface area contributed by atoms with Crippen molar-refractivity contribution in [1.29, 1.82) is 0 Å². The number of aliphatic carboxylic acids is 1. The normalized spacial score (nSPS) is 14.1. The van der Waals surface area contributed by atoms with Crippen LogP contribution in [0.25, 0.3) is 11.0 Å². The van der Waals surface area contributed by atoms with E-state index in [0.29, 0.717) is 6.42 Å². The molecule has 2 heterocycles. The molecule has 4 nitrogen and oxygen atoms in total. The number of hydrogen-bond acceptors (Lipinski definition) is 2. The molecule has 0 saturated heterocycles. The summed E-state index contributed by atoms with van der Waals surface area (Å²) in [6, 6.07) is 6.17. The fourth-order valence-corrected chi connectivity index (χ4v) is 2.59. The summed E-state index contributed by atoms with van der Waals surface area (Å²) in [5.41, 5.74) is 3.55. The van der Waals surface area contributed by atoms with Crippen molar-refractivity contribution in [2.75, 3.05) is 0 Å². The zero-order chi connectivity index (χ0) is 11.8. The number of carboxylic acids is 1. The summed E-state index contributed by atoms with van der Waals surface area (Å²) in [5, 5.41) is 8.74. The lowest BCUT2D eigenvalue weighted by molar-refractivity contribution is -0.137. The van der Waals surface area contributed by atoms with Crippen LogP contribution in [0, 0.1) is 0 Å². The Balaban J connectivity index is 2.08. The lowest BCUT2D eigenvalue weighted by atomic mass is 10.0. The maximum Gasteiger partial charge on any atom is 0.303 e. The molecule has 17 heavy (non-hydrogen) atoms. The second-order valence-corrected chi connectivity index (χ2v) is 4.46. The maximum absolute atomic E-state index is 10.6. The maximum atomic E-state index is 10.6. The highest BCUT2D eigenvalue weighted by atomic mass is 16.4. The first-order chi connectivity index (χ1) is 8.25. The van der Waals surface area contributed by atoms with Crippen LogP contribution in [0.5, 0.6) is 0 Å². The van der Waals surface area contributed by atoms with Crippen LogP contribution in [0.1, 0.15) is 24.2 Å². The van der Waals surface area contributed by atoms with Crippen LogP contribution in [0.3, 0.4) is 0 Å². The monoisotopic (exact) mass is 230 g/mol. The third-order valence-corrected chi connectivity index (χ3v) is 3.32. The van der Waals surface area contributed by atoms with Crippen LogP contribution in [-0.4, -0.2) is 20.6 Å². The minimum Gasteiger partial charge on any atom is -0.481 e. The fraction of sp³-hybridized carbons (Fsp3) is 0.385. The molecule has 1 aromatic carbocycles. The lowest BCUT2D eigenvalue weighted by Crippen LogP contribution is -2.11. The summed E-state index contributed by atoms with van der Waals surface area (Å²) in [6.07, 6.45) is 2.88. The first kappa shape index (κ1) is 10.3. The summed E-state index contributed by atoms with van der Waals surface area (Å²) < 4.78 is 2.19. The molecule has 0 bridgehead atoms. The van der Waals surface area contributed by atoms with Crippen molar-refractivity contribution < 1.29 is 9.90 Å². The highest BCUT2D eigenvalue weighted by Crippen LogP contribution is 2.26. The Hall–Kier alpha value is -1.84. The van der Waals surface area contributed by atoms with Gasteiger partial charge in [-0.05, 0) is 24.5 Å². The molecule has 0 aliphatic carbocycles. The molecule has 2 aromatic rings. The molecule has 1 aliphatic rings. The third kappa shape index (κ3) is 1.69. The van der Waals surface area contributed by atoms with Gasteiger partial charge in [-0.3, -0.25) is 4.79 Å². The molecule has 1 aromatic heterocycles. The van der Waals surface area contributed by atoms with Gasteiger partial charge in [-0.2, -0.15) is 0 Å². The molecule has 1 N–H and O–H groups in total. The Labute approximate surface area is 98.9 Å². The van der Waals surface area contributed by atoms with Gasteiger partial charge in [0, 0.05) is 13.0 Å². The summed E-state index contributed by atoms with van der Waals surface area (Å²) >= 11 is 0. The van der Waals surface area contributed by atoms with Crippen molar-refractivity contribution in [3.63, 3.8) is 0 Å². The van der Waals surface area contributed by atoms with Gasteiger partial charge in [-0.15, -0.1) is 0 Å². The lowest BCUT2D eigenvalue weighted by Gasteiger charge is -2.16. The average molecular weight is 230 g/mol. The van der Waals surface area contributed by atoms with Crippen molar-refractivity contribution in [2.45, 2.75) is 32.2 Å². The molecule has 0 saturated carbocycles. The van der Waals surface area contributed by atoms with Crippen LogP contribution in [0.2, 0.25) is 0 Å². The van der Waals surface area contributed by atoms with Crippen LogP contribution < -0.4 is 0 Å². The van der Waals surface area contributed by atoms with Gasteiger partial charge in [0.15, 0.2) is 0 Å². The van der Waals surface area contributed by atoms with Gasteiger partial charge in [0.2, 0.25) is 0 Å². The molecule has 88 valence electrons. The van der Waals surface area contributed by atoms with E-state index < -0.39 is 5.97 Å². The highest BCUT2D eigenvalue weighted by molar-refractivity contribution is 5.80. The van der Waals surface area contributed by atoms with Crippen molar-refractivity contribution in [2.24, 2.45) is 0 Å². The first-order valence-electron chi connectivity index (χ1n) is 5.94. The summed E-state index contributed by atoms with van der Waals surface area (Å²) in [7, 11) is 0. The van der Waals surface area contributed by atoms with Crippen molar-refractivity contribution >= 4 is 17.0 Å². The summed E-state index contributed by atoms with van der Waals surface area (Å²) in [4.78, 5) is 15.2. The molecule has 1 aliphatic heterocycles. The number of rotatable bonds is 3. The zero-order valence-corrected chi connectivity index (χ0v) is 9.52. The van der Waals surface area contributed by atoms with E-state index in [1.165, 1.54) is 11.1 Å². The SMILES string of the molecule is O=C(O)CCc1nc2cccc3c2n1CCC3. The number of benzene rings is 1. The van der Waals surface area contributed by atoms with Crippen LogP contribution in [0.4, 0.5) is 0 Å². The van der Waals surface area contributed by atoms with Crippen molar-refractivity contribution in [3.8, 4) is 0 Å². The van der Waals surface area contributed by atoms with Gasteiger partial charge in [-0.1, -0.05) is 12.1 Å². The number of aryl methyl sites for hydroxylation is 3. The minimum absolute atomic E-state index is 0.151. The molecule has 4 heteroatoms. The minimum atomic E-state index is -0.763. The smallest absolute Gasteiger partial charge is 0.303 e. The van der Waals surface area contributed by atoms with Gasteiger partial charge in [0.1, 0.15) is 5.82 Å². The second kappa shape index (κ2) is 3.87. The Morgan fingerprint density at radius 2 is 2.35 bits per heavy atom. The third-order valence-electron chi connectivity index (χ3n) is 3.32. The van der Waals surface area contributed by atoms with Crippen molar-refractivity contribution in [1.82, 2.24) is 9.55 Å². The second-order valence-electron chi connectivity index (χ2n) is 4.46. The number of imidazole rings is 1. The van der Waals surface area contributed by atoms with Gasteiger partial charge < -0.3 is 9.67 Å². The summed E-state index contributed by atoms with van der Waals surface area (Å²) in [6.45, 7) is 0.961. The highest BCUT2D eigenvalue weighted by Gasteiger charge is 2.17. The number of para-hydroxylation sites is 1. The Kier molecular flexibility index (Phi) is 2.35. The molecular weight excluding hydrogens is 216 g/mol. The van der Waals surface area contributed by atoms with E-state index in [-0.39, 0.29) is 6.42 Å². The van der Waals surface area contributed by atoms with Crippen LogP contribution in [0.15, 0.2) is 18.2 Å². The number of carboxylic acid groups (broad SMARTS) is 1. The molecule has 0 atom stereocenters. The van der Waals surface area contributed by atoms with Crippen molar-refractivity contribution in [3.05, 3.63) is 29.6 Å². The van der Waals surface area contributed by atoms with E-state index in [1.54, 1.807) is 0 Å². The topological polar surface area (TPSA) is 55.1 Å². The molecule has 0 radical (unpaired) electrons. The van der Waals surface area contributed by atoms with Gasteiger partial charge in [0.25, 0.3) is 0 Å². The van der Waals surface area contributed by atoms with Gasteiger partial charge >= 0.3 is 5.97 Å². The Morgan fingerprint density at radius 3 is 3.18 bits per heavy atom. The van der Waals surface area contributed by atoms with Gasteiger partial charge in [-0.25, -0.2) is 4.98 Å². The zero-order valence-electron chi connectivity index (χ0n) is 9.52. The number of carbonyl (C=O) groups is 1. The number of nitrogens with zero attached hydrogens (tertiary/aromatic N) is 2. The molecular formula is C13H14N2O2. The van der Waals surface area contributed by atoms with Gasteiger partial charge in [0.05, 0.1) is 17.5 Å². The molecule has 3 rings (SSSR count). The molecule has 0 amide bonds. The predicted molar refractivity (Wildman–Crippen MR) is 64.0 cm³/mol. The molecule has 0 unspecified atom stereocenters. The standard InChI is InChI=1S/C13H14N2O2/c16-12(17)7-6-11-14-10-5-1-3-9-4-2-8-15(11)13(9)10/h1,3,5H,2,4,6-8H2,(H,16,17). The molecule has 0 fully saturated rings. The number of hydrogen-bond donors (Lipinski definition) is 1. The van der Waals surface area contributed by atoms with E-state index in [9.17, 15) is 4.79 Å². The summed E-state index contributed by atoms with van der Waals surface area (Å²) in [5.74, 6) is 0.149. The first-order valence-corrected chi connectivity index (χ1v) is 5.94. The predicted octanol–water partition coefficient (Wildman–Crippen LogP) is 2.00. The molecule has 0 spiro atoms. The number of aromatic nitrogens is 2.